The Morgan fingerprint density at radius 1 is 0.309 bits per heavy atom. The highest BCUT2D eigenvalue weighted by Crippen LogP contribution is 2.16. The van der Waals surface area contributed by atoms with Gasteiger partial charge in [-0.2, -0.15) is 0 Å². The van der Waals surface area contributed by atoms with Gasteiger partial charge < -0.3 is 14.2 Å². The molecular formula is C62H108O6. The van der Waals surface area contributed by atoms with Crippen LogP contribution in [0.2, 0.25) is 0 Å². The van der Waals surface area contributed by atoms with E-state index in [1.165, 1.54) is 128 Å². The predicted octanol–water partition coefficient (Wildman–Crippen LogP) is 19.4. The Labute approximate surface area is 421 Å². The number of ether oxygens (including phenoxy) is 3. The maximum absolute atomic E-state index is 12.7. The van der Waals surface area contributed by atoms with E-state index in [2.05, 4.69) is 93.7 Å². The molecule has 0 aromatic carbocycles. The van der Waals surface area contributed by atoms with Crippen molar-refractivity contribution in [2.75, 3.05) is 13.2 Å². The molecule has 0 heterocycles. The number of hydrogen-bond donors (Lipinski definition) is 0. The Morgan fingerprint density at radius 2 is 0.603 bits per heavy atom. The number of rotatable bonds is 52. The summed E-state index contributed by atoms with van der Waals surface area (Å²) in [6.07, 6.45) is 72.6. The van der Waals surface area contributed by atoms with Gasteiger partial charge in [-0.25, -0.2) is 0 Å². The van der Waals surface area contributed by atoms with Crippen LogP contribution in [0.3, 0.4) is 0 Å². The van der Waals surface area contributed by atoms with Crippen LogP contribution in [-0.2, 0) is 28.6 Å². The van der Waals surface area contributed by atoms with E-state index < -0.39 is 6.10 Å². The third-order valence-electron chi connectivity index (χ3n) is 12.4. The van der Waals surface area contributed by atoms with E-state index in [0.717, 1.165) is 116 Å². The molecule has 392 valence electrons. The standard InChI is InChI=1S/C62H108O6/c1-4-7-10-13-15-17-19-20-21-22-23-24-25-26-27-28-29-30-31-32-33-34-35-36-37-38-39-40-41-42-43-45-46-49-52-55-61(64)67-58-59(57-66-60(63)54-51-48-12-9-6-3)68-62(65)56-53-50-47-44-18-16-14-11-8-5-2/h7,10-11,14-15,17,20-21,23-24,26-27,59H,4-6,8-9,12-13,16,18-19,22,25,28-58H2,1-3H3/b10-7-,14-11-,17-15-,21-20-,24-23-,27-26-. The van der Waals surface area contributed by atoms with Crippen molar-refractivity contribution in [3.63, 3.8) is 0 Å². The molecule has 1 atom stereocenters. The first-order valence-electron chi connectivity index (χ1n) is 28.9. The molecule has 0 aromatic heterocycles. The van der Waals surface area contributed by atoms with Crippen LogP contribution in [0.25, 0.3) is 0 Å². The van der Waals surface area contributed by atoms with Gasteiger partial charge in [0.15, 0.2) is 6.10 Å². The topological polar surface area (TPSA) is 78.9 Å². The second-order valence-electron chi connectivity index (χ2n) is 19.2. The van der Waals surface area contributed by atoms with Gasteiger partial charge in [0.25, 0.3) is 0 Å². The second kappa shape index (κ2) is 56.4. The molecule has 0 aliphatic rings. The van der Waals surface area contributed by atoms with Gasteiger partial charge in [-0.1, -0.05) is 254 Å². The van der Waals surface area contributed by atoms with Crippen LogP contribution in [-0.4, -0.2) is 37.2 Å². The second-order valence-corrected chi connectivity index (χ2v) is 19.2. The van der Waals surface area contributed by atoms with Crippen molar-refractivity contribution in [2.24, 2.45) is 0 Å². The van der Waals surface area contributed by atoms with Crippen LogP contribution >= 0.6 is 0 Å². The Bertz CT molecular complexity index is 1270. The minimum Gasteiger partial charge on any atom is -0.462 e. The van der Waals surface area contributed by atoms with Crippen LogP contribution in [0.1, 0.15) is 284 Å². The van der Waals surface area contributed by atoms with E-state index in [-0.39, 0.29) is 31.1 Å². The van der Waals surface area contributed by atoms with E-state index in [4.69, 9.17) is 14.2 Å². The molecule has 0 radical (unpaired) electrons. The minimum atomic E-state index is -0.770. The fourth-order valence-corrected chi connectivity index (χ4v) is 8.12. The smallest absolute Gasteiger partial charge is 0.306 e. The minimum absolute atomic E-state index is 0.0752. The van der Waals surface area contributed by atoms with E-state index in [9.17, 15) is 14.4 Å². The van der Waals surface area contributed by atoms with Crippen molar-refractivity contribution >= 4 is 17.9 Å². The molecule has 0 aliphatic carbocycles. The molecule has 6 heteroatoms. The zero-order valence-electron chi connectivity index (χ0n) is 44.9. The number of carbonyl (C=O) groups is 3. The maximum atomic E-state index is 12.7. The maximum Gasteiger partial charge on any atom is 0.306 e. The number of carbonyl (C=O) groups excluding carboxylic acids is 3. The summed E-state index contributed by atoms with van der Waals surface area (Å²) in [5, 5.41) is 0. The van der Waals surface area contributed by atoms with Crippen molar-refractivity contribution in [1.29, 1.82) is 0 Å². The fraction of sp³-hybridized carbons (Fsp3) is 0.758. The van der Waals surface area contributed by atoms with Crippen LogP contribution in [0.5, 0.6) is 0 Å². The van der Waals surface area contributed by atoms with Gasteiger partial charge in [0.2, 0.25) is 0 Å². The van der Waals surface area contributed by atoms with Gasteiger partial charge in [0, 0.05) is 19.3 Å². The summed E-state index contributed by atoms with van der Waals surface area (Å²) in [4.78, 5) is 37.6. The van der Waals surface area contributed by atoms with Crippen LogP contribution in [0, 0.1) is 0 Å². The molecule has 0 amide bonds. The molecule has 6 nitrogen and oxygen atoms in total. The monoisotopic (exact) mass is 949 g/mol. The largest absolute Gasteiger partial charge is 0.462 e. The summed E-state index contributed by atoms with van der Waals surface area (Å²) in [5.74, 6) is -0.894. The Hall–Kier alpha value is -3.15. The highest BCUT2D eigenvalue weighted by molar-refractivity contribution is 5.71. The number of allylic oxidation sites excluding steroid dienone is 12. The zero-order valence-corrected chi connectivity index (χ0v) is 44.9. The van der Waals surface area contributed by atoms with Gasteiger partial charge in [0.05, 0.1) is 0 Å². The van der Waals surface area contributed by atoms with Crippen LogP contribution in [0.15, 0.2) is 72.9 Å². The zero-order chi connectivity index (χ0) is 49.3. The van der Waals surface area contributed by atoms with Crippen molar-refractivity contribution in [2.45, 2.75) is 290 Å². The molecular weight excluding hydrogens is 841 g/mol. The lowest BCUT2D eigenvalue weighted by atomic mass is 10.0. The highest BCUT2D eigenvalue weighted by Gasteiger charge is 2.19. The van der Waals surface area contributed by atoms with E-state index >= 15 is 0 Å². The summed E-state index contributed by atoms with van der Waals surface area (Å²) in [7, 11) is 0. The van der Waals surface area contributed by atoms with E-state index in [0.29, 0.717) is 19.3 Å². The quantitative estimate of drug-likeness (QED) is 0.0262. The normalized spacial score (nSPS) is 12.6. The molecule has 0 N–H and O–H groups in total. The van der Waals surface area contributed by atoms with Crippen molar-refractivity contribution < 1.29 is 28.6 Å². The first-order chi connectivity index (χ1) is 33.5. The SMILES string of the molecule is CC/C=C\C/C=C\C/C=C\C/C=C\C/C=C\CCCCCCCCCCCCCCCCCCCCCC(=O)OCC(COC(=O)CCCCCCC)OC(=O)CCCCCCC/C=C\CCC. The first kappa shape index (κ1) is 64.8. The van der Waals surface area contributed by atoms with Gasteiger partial charge in [-0.15, -0.1) is 0 Å². The average molecular weight is 950 g/mol. The Kier molecular flexibility index (Phi) is 53.8. The average Bonchev–Trinajstić information content (AvgIpc) is 3.34. The van der Waals surface area contributed by atoms with Crippen LogP contribution < -0.4 is 0 Å². The summed E-state index contributed by atoms with van der Waals surface area (Å²) in [6, 6.07) is 0. The predicted molar refractivity (Wildman–Crippen MR) is 293 cm³/mol. The molecule has 0 fully saturated rings. The molecule has 1 unspecified atom stereocenters. The fourth-order valence-electron chi connectivity index (χ4n) is 8.12. The van der Waals surface area contributed by atoms with Crippen molar-refractivity contribution in [1.82, 2.24) is 0 Å². The molecule has 0 aliphatic heterocycles. The first-order valence-corrected chi connectivity index (χ1v) is 28.9. The molecule has 0 rings (SSSR count). The third kappa shape index (κ3) is 53.8. The summed E-state index contributed by atoms with van der Waals surface area (Å²) in [6.45, 7) is 6.38. The summed E-state index contributed by atoms with van der Waals surface area (Å²) >= 11 is 0. The lowest BCUT2D eigenvalue weighted by molar-refractivity contribution is -0.167. The molecule has 0 bridgehead atoms. The lowest BCUT2D eigenvalue weighted by Crippen LogP contribution is -2.30. The Morgan fingerprint density at radius 3 is 0.971 bits per heavy atom. The molecule has 0 saturated carbocycles. The van der Waals surface area contributed by atoms with Gasteiger partial charge >= 0.3 is 17.9 Å². The van der Waals surface area contributed by atoms with Crippen molar-refractivity contribution in [3.05, 3.63) is 72.9 Å². The molecule has 68 heavy (non-hydrogen) atoms. The summed E-state index contributed by atoms with van der Waals surface area (Å²) in [5.41, 5.74) is 0. The Balaban J connectivity index is 3.83. The summed E-state index contributed by atoms with van der Waals surface area (Å²) < 4.78 is 16.6. The lowest BCUT2D eigenvalue weighted by Gasteiger charge is -2.18. The molecule has 0 saturated heterocycles. The highest BCUT2D eigenvalue weighted by atomic mass is 16.6. The van der Waals surface area contributed by atoms with Crippen LogP contribution in [0.4, 0.5) is 0 Å². The molecule has 0 aromatic rings. The van der Waals surface area contributed by atoms with Crippen molar-refractivity contribution in [3.8, 4) is 0 Å². The number of hydrogen-bond acceptors (Lipinski definition) is 6. The van der Waals surface area contributed by atoms with Gasteiger partial charge in [-0.05, 0) is 83.5 Å². The molecule has 0 spiro atoms. The van der Waals surface area contributed by atoms with E-state index in [1.807, 2.05) is 0 Å². The number of esters is 3. The van der Waals surface area contributed by atoms with Gasteiger partial charge in [0.1, 0.15) is 13.2 Å². The van der Waals surface area contributed by atoms with Gasteiger partial charge in [-0.3, -0.25) is 14.4 Å². The third-order valence-corrected chi connectivity index (χ3v) is 12.4. The number of unbranched alkanes of at least 4 members (excludes halogenated alkanes) is 29. The van der Waals surface area contributed by atoms with E-state index in [1.54, 1.807) is 0 Å².